The molecule has 0 bridgehead atoms. The number of rotatable bonds is 19. The van der Waals surface area contributed by atoms with Gasteiger partial charge in [-0.05, 0) is 32.1 Å². The number of aliphatic hydroxyl groups excluding tert-OH is 1. The van der Waals surface area contributed by atoms with Crippen LogP contribution in [-0.2, 0) is 13.1 Å². The van der Waals surface area contributed by atoms with Gasteiger partial charge in [0.05, 0.1) is 13.1 Å². The fourth-order valence-electron chi connectivity index (χ4n) is 3.60. The monoisotopic (exact) mass is 365 g/mol. The number of aliphatic hydroxyl groups is 1. The Morgan fingerprint density at radius 3 is 1.85 bits per heavy atom. The van der Waals surface area contributed by atoms with E-state index in [1.165, 1.54) is 103 Å². The summed E-state index contributed by atoms with van der Waals surface area (Å²) in [5, 5.41) is 8.75. The molecule has 0 aliphatic heterocycles. The molecule has 152 valence electrons. The summed E-state index contributed by atoms with van der Waals surface area (Å²) in [7, 11) is 0. The molecule has 0 radical (unpaired) electrons. The summed E-state index contributed by atoms with van der Waals surface area (Å²) in [6.45, 7) is 4.98. The minimum Gasteiger partial charge on any atom is -0.396 e. The first kappa shape index (κ1) is 23.2. The van der Waals surface area contributed by atoms with Crippen LogP contribution in [0.25, 0.3) is 0 Å². The van der Waals surface area contributed by atoms with Crippen molar-refractivity contribution >= 4 is 0 Å². The van der Waals surface area contributed by atoms with E-state index in [9.17, 15) is 0 Å². The van der Waals surface area contributed by atoms with E-state index in [2.05, 4.69) is 34.8 Å². The quantitative estimate of drug-likeness (QED) is 0.235. The number of unbranched alkanes of at least 4 members (excludes halogenated alkanes) is 14. The van der Waals surface area contributed by atoms with Crippen LogP contribution in [0.5, 0.6) is 0 Å². The Kier molecular flexibility index (Phi) is 15.7. The van der Waals surface area contributed by atoms with Crippen molar-refractivity contribution in [3.63, 3.8) is 0 Å². The van der Waals surface area contributed by atoms with Gasteiger partial charge in [-0.1, -0.05) is 77.6 Å². The Hall–Kier alpha value is -0.830. The van der Waals surface area contributed by atoms with E-state index < -0.39 is 0 Å². The third-order valence-electron chi connectivity index (χ3n) is 5.34. The van der Waals surface area contributed by atoms with Crippen molar-refractivity contribution in [1.29, 1.82) is 0 Å². The van der Waals surface area contributed by atoms with Gasteiger partial charge in [0.15, 0.2) is 0 Å². The van der Waals surface area contributed by atoms with E-state index in [0.717, 1.165) is 13.0 Å². The highest BCUT2D eigenvalue weighted by Crippen LogP contribution is 2.10. The molecule has 0 saturated heterocycles. The second-order valence-corrected chi connectivity index (χ2v) is 7.92. The van der Waals surface area contributed by atoms with Crippen molar-refractivity contribution in [2.24, 2.45) is 0 Å². The van der Waals surface area contributed by atoms with E-state index in [1.807, 2.05) is 0 Å². The number of aryl methyl sites for hydroxylation is 2. The van der Waals surface area contributed by atoms with Gasteiger partial charge in [0, 0.05) is 6.61 Å². The van der Waals surface area contributed by atoms with Gasteiger partial charge in [0.1, 0.15) is 12.4 Å². The molecule has 0 aromatic carbocycles. The van der Waals surface area contributed by atoms with Crippen molar-refractivity contribution < 1.29 is 9.67 Å². The van der Waals surface area contributed by atoms with Gasteiger partial charge in [-0.3, -0.25) is 0 Å². The van der Waals surface area contributed by atoms with Crippen LogP contribution in [0.4, 0.5) is 0 Å². The van der Waals surface area contributed by atoms with E-state index in [-0.39, 0.29) is 0 Å². The van der Waals surface area contributed by atoms with Gasteiger partial charge in [-0.2, -0.15) is 0 Å². The standard InChI is InChI=1S/C23H45N2O/c1-2-3-4-5-6-9-12-15-18-24-20-21-25(23-24)19-16-13-10-7-8-11-14-17-22-26/h20-21,23,26H,2-19,22H2,1H3/q+1. The smallest absolute Gasteiger partial charge is 0.243 e. The Labute approximate surface area is 162 Å². The number of imidazole rings is 1. The molecule has 0 saturated carbocycles. The molecular weight excluding hydrogens is 320 g/mol. The van der Waals surface area contributed by atoms with Crippen molar-refractivity contribution in [2.45, 2.75) is 123 Å². The van der Waals surface area contributed by atoms with E-state index in [0.29, 0.717) is 6.61 Å². The van der Waals surface area contributed by atoms with Crippen LogP contribution in [0.1, 0.15) is 110 Å². The number of aromatic nitrogens is 2. The number of nitrogens with zero attached hydrogens (tertiary/aromatic N) is 2. The van der Waals surface area contributed by atoms with Crippen molar-refractivity contribution in [3.8, 4) is 0 Å². The number of hydrogen-bond acceptors (Lipinski definition) is 1. The Balaban J connectivity index is 1.92. The zero-order chi connectivity index (χ0) is 18.7. The summed E-state index contributed by atoms with van der Waals surface area (Å²) in [5.41, 5.74) is 0. The van der Waals surface area contributed by atoms with Gasteiger partial charge in [0.25, 0.3) is 0 Å². The van der Waals surface area contributed by atoms with Gasteiger partial charge in [-0.15, -0.1) is 0 Å². The lowest BCUT2D eigenvalue weighted by atomic mass is 10.1. The second-order valence-electron chi connectivity index (χ2n) is 7.92. The minimum atomic E-state index is 0.357. The average Bonchev–Trinajstić information content (AvgIpc) is 3.10. The molecule has 3 heteroatoms. The molecule has 0 unspecified atom stereocenters. The molecule has 1 aromatic rings. The molecule has 1 aromatic heterocycles. The summed E-state index contributed by atoms with van der Waals surface area (Å²) >= 11 is 0. The maximum atomic E-state index is 8.75. The third-order valence-corrected chi connectivity index (χ3v) is 5.34. The Bertz CT molecular complexity index is 403. The molecule has 0 aliphatic rings. The molecule has 0 atom stereocenters. The average molecular weight is 366 g/mol. The largest absolute Gasteiger partial charge is 0.396 e. The Morgan fingerprint density at radius 1 is 0.692 bits per heavy atom. The lowest BCUT2D eigenvalue weighted by Gasteiger charge is -2.01. The first-order chi connectivity index (χ1) is 12.9. The topological polar surface area (TPSA) is 29.0 Å². The lowest BCUT2D eigenvalue weighted by molar-refractivity contribution is -0.696. The number of hydrogen-bond donors (Lipinski definition) is 1. The van der Waals surface area contributed by atoms with E-state index >= 15 is 0 Å². The summed E-state index contributed by atoms with van der Waals surface area (Å²) in [4.78, 5) is 0. The highest BCUT2D eigenvalue weighted by Gasteiger charge is 2.03. The molecular formula is C23H45N2O+. The summed E-state index contributed by atoms with van der Waals surface area (Å²) in [6, 6.07) is 0. The maximum Gasteiger partial charge on any atom is 0.243 e. The predicted molar refractivity (Wildman–Crippen MR) is 111 cm³/mol. The molecule has 1 N–H and O–H groups in total. The summed E-state index contributed by atoms with van der Waals surface area (Å²) in [5.74, 6) is 0. The summed E-state index contributed by atoms with van der Waals surface area (Å²) in [6.07, 6.45) is 28.1. The fourth-order valence-corrected chi connectivity index (χ4v) is 3.60. The molecule has 0 spiro atoms. The van der Waals surface area contributed by atoms with Gasteiger partial charge in [-0.25, -0.2) is 9.13 Å². The second kappa shape index (κ2) is 17.6. The van der Waals surface area contributed by atoms with Gasteiger partial charge >= 0.3 is 0 Å². The van der Waals surface area contributed by atoms with Crippen LogP contribution in [0.15, 0.2) is 18.7 Å². The maximum absolute atomic E-state index is 8.75. The SMILES string of the molecule is CCCCCCCCCCn1cc[n+](CCCCCCCCCCO)c1. The summed E-state index contributed by atoms with van der Waals surface area (Å²) < 4.78 is 4.71. The van der Waals surface area contributed by atoms with E-state index in [1.54, 1.807) is 0 Å². The predicted octanol–water partition coefficient (Wildman–Crippen LogP) is 6.03. The first-order valence-corrected chi connectivity index (χ1v) is 11.5. The third kappa shape index (κ3) is 13.4. The zero-order valence-electron chi connectivity index (χ0n) is 17.5. The molecule has 0 amide bonds. The molecule has 1 rings (SSSR count). The van der Waals surface area contributed by atoms with Crippen molar-refractivity contribution in [3.05, 3.63) is 18.7 Å². The minimum absolute atomic E-state index is 0.357. The van der Waals surface area contributed by atoms with E-state index in [4.69, 9.17) is 5.11 Å². The normalized spacial score (nSPS) is 11.3. The molecule has 26 heavy (non-hydrogen) atoms. The van der Waals surface area contributed by atoms with Crippen LogP contribution in [0.2, 0.25) is 0 Å². The highest BCUT2D eigenvalue weighted by atomic mass is 16.2. The lowest BCUT2D eigenvalue weighted by Crippen LogP contribution is -2.30. The van der Waals surface area contributed by atoms with Crippen molar-refractivity contribution in [2.75, 3.05) is 6.61 Å². The van der Waals surface area contributed by atoms with Crippen LogP contribution in [0.3, 0.4) is 0 Å². The van der Waals surface area contributed by atoms with Gasteiger partial charge in [0.2, 0.25) is 6.33 Å². The van der Waals surface area contributed by atoms with Crippen LogP contribution >= 0.6 is 0 Å². The highest BCUT2D eigenvalue weighted by molar-refractivity contribution is 4.66. The molecule has 1 heterocycles. The zero-order valence-corrected chi connectivity index (χ0v) is 17.5. The van der Waals surface area contributed by atoms with Crippen LogP contribution in [-0.4, -0.2) is 16.3 Å². The Morgan fingerprint density at radius 2 is 1.23 bits per heavy atom. The van der Waals surface area contributed by atoms with Crippen LogP contribution < -0.4 is 4.57 Å². The fraction of sp³-hybridized carbons (Fsp3) is 0.870. The molecule has 0 aliphatic carbocycles. The van der Waals surface area contributed by atoms with Crippen molar-refractivity contribution in [1.82, 2.24) is 4.57 Å². The molecule has 0 fully saturated rings. The first-order valence-electron chi connectivity index (χ1n) is 11.5. The molecule has 3 nitrogen and oxygen atoms in total. The van der Waals surface area contributed by atoms with Gasteiger partial charge < -0.3 is 5.11 Å². The van der Waals surface area contributed by atoms with Crippen LogP contribution in [0, 0.1) is 0 Å².